The molecule has 1 unspecified atom stereocenters. The van der Waals surface area contributed by atoms with E-state index in [1.165, 1.54) is 4.70 Å². The lowest BCUT2D eigenvalue weighted by molar-refractivity contribution is 0.236. The molecule has 4 rings (SSSR count). The van der Waals surface area contributed by atoms with Crippen molar-refractivity contribution in [3.05, 3.63) is 53.0 Å². The summed E-state index contributed by atoms with van der Waals surface area (Å²) in [5.74, 6) is 1.65. The number of hydrogen-bond donors (Lipinski definition) is 1. The van der Waals surface area contributed by atoms with Crippen LogP contribution in [0.15, 0.2) is 42.5 Å². The first-order chi connectivity index (χ1) is 13.3. The smallest absolute Gasteiger partial charge is 0.127 e. The van der Waals surface area contributed by atoms with E-state index in [0.29, 0.717) is 0 Å². The molecule has 1 aliphatic heterocycles. The number of thiazole rings is 1. The fraction of sp³-hybridized carbons (Fsp3) is 0.381. The Balaban J connectivity index is 1.82. The molecule has 0 radical (unpaired) electrons. The van der Waals surface area contributed by atoms with Gasteiger partial charge in [-0.2, -0.15) is 0 Å². The van der Waals surface area contributed by atoms with E-state index in [-0.39, 0.29) is 6.04 Å². The summed E-state index contributed by atoms with van der Waals surface area (Å²) in [6.07, 6.45) is 1.12. The Labute approximate surface area is 163 Å². The molecule has 0 spiro atoms. The van der Waals surface area contributed by atoms with Gasteiger partial charge >= 0.3 is 0 Å². The molecule has 142 valence electrons. The van der Waals surface area contributed by atoms with Crippen molar-refractivity contribution in [1.29, 1.82) is 0 Å². The van der Waals surface area contributed by atoms with Crippen molar-refractivity contribution in [2.45, 2.75) is 12.5 Å². The number of fused-ring (bicyclic) bond motifs is 1. The lowest BCUT2D eigenvalue weighted by atomic mass is 10.0. The van der Waals surface area contributed by atoms with Gasteiger partial charge in [0.1, 0.15) is 16.5 Å². The van der Waals surface area contributed by atoms with Gasteiger partial charge in [0.15, 0.2) is 0 Å². The first-order valence-corrected chi connectivity index (χ1v) is 10.1. The molecule has 0 bridgehead atoms. The van der Waals surface area contributed by atoms with Crippen molar-refractivity contribution < 1.29 is 9.47 Å². The maximum atomic E-state index is 5.74. The Morgan fingerprint density at radius 1 is 1.07 bits per heavy atom. The molecule has 1 fully saturated rings. The normalized spacial score (nSPS) is 16.8. The molecule has 3 aromatic rings. The third-order valence-electron chi connectivity index (χ3n) is 5.02. The number of hydrogen-bond acceptors (Lipinski definition) is 6. The highest BCUT2D eigenvalue weighted by Gasteiger charge is 2.29. The number of nitrogens with one attached hydrogen (secondary N) is 1. The summed E-state index contributed by atoms with van der Waals surface area (Å²) in [5.41, 5.74) is 2.20. The summed E-state index contributed by atoms with van der Waals surface area (Å²) >= 11 is 1.77. The van der Waals surface area contributed by atoms with Crippen LogP contribution < -0.4 is 14.8 Å². The third-order valence-corrected chi connectivity index (χ3v) is 6.11. The highest BCUT2D eigenvalue weighted by atomic mass is 32.1. The van der Waals surface area contributed by atoms with Crippen molar-refractivity contribution in [2.75, 3.05) is 40.4 Å². The molecule has 1 N–H and O–H groups in total. The molecule has 1 saturated heterocycles. The van der Waals surface area contributed by atoms with Crippen LogP contribution in [-0.2, 0) is 0 Å². The van der Waals surface area contributed by atoms with E-state index in [0.717, 1.165) is 60.2 Å². The fourth-order valence-electron chi connectivity index (χ4n) is 3.66. The highest BCUT2D eigenvalue weighted by molar-refractivity contribution is 7.18. The zero-order valence-electron chi connectivity index (χ0n) is 15.8. The Bertz CT molecular complexity index is 870. The fourth-order valence-corrected chi connectivity index (χ4v) is 4.78. The van der Waals surface area contributed by atoms with Gasteiger partial charge in [0.05, 0.1) is 30.5 Å². The molecule has 1 aromatic heterocycles. The topological polar surface area (TPSA) is 46.6 Å². The average molecular weight is 384 g/mol. The quantitative estimate of drug-likeness (QED) is 0.728. The van der Waals surface area contributed by atoms with Crippen molar-refractivity contribution in [2.24, 2.45) is 0 Å². The van der Waals surface area contributed by atoms with Crippen LogP contribution in [0, 0.1) is 0 Å². The summed E-state index contributed by atoms with van der Waals surface area (Å²) in [6.45, 7) is 4.06. The van der Waals surface area contributed by atoms with E-state index in [4.69, 9.17) is 14.5 Å². The van der Waals surface area contributed by atoms with E-state index in [1.54, 1.807) is 25.6 Å². The van der Waals surface area contributed by atoms with Gasteiger partial charge < -0.3 is 14.8 Å². The predicted octanol–water partition coefficient (Wildman–Crippen LogP) is 3.70. The van der Waals surface area contributed by atoms with Gasteiger partial charge in [-0.1, -0.05) is 12.1 Å². The van der Waals surface area contributed by atoms with E-state index in [9.17, 15) is 0 Å². The zero-order chi connectivity index (χ0) is 18.6. The van der Waals surface area contributed by atoms with Gasteiger partial charge in [0.25, 0.3) is 0 Å². The van der Waals surface area contributed by atoms with Gasteiger partial charge in [-0.05, 0) is 37.2 Å². The Morgan fingerprint density at radius 2 is 1.96 bits per heavy atom. The van der Waals surface area contributed by atoms with Gasteiger partial charge in [-0.15, -0.1) is 11.3 Å². The SMILES string of the molecule is COc1ccc(C(c2nc3ccccc3s2)N2CCCNCC2)c(OC)c1. The first kappa shape index (κ1) is 18.2. The number of rotatable bonds is 5. The van der Waals surface area contributed by atoms with E-state index < -0.39 is 0 Å². The summed E-state index contributed by atoms with van der Waals surface area (Å²) in [5, 5.41) is 4.61. The summed E-state index contributed by atoms with van der Waals surface area (Å²) < 4.78 is 12.4. The van der Waals surface area contributed by atoms with Crippen molar-refractivity contribution in [3.8, 4) is 11.5 Å². The second-order valence-electron chi connectivity index (χ2n) is 6.67. The van der Waals surface area contributed by atoms with Gasteiger partial charge in [0, 0.05) is 31.3 Å². The zero-order valence-corrected chi connectivity index (χ0v) is 16.6. The van der Waals surface area contributed by atoms with Crippen LogP contribution in [0.1, 0.15) is 23.0 Å². The molecule has 1 aliphatic rings. The Morgan fingerprint density at radius 3 is 2.78 bits per heavy atom. The average Bonchev–Trinajstić information content (AvgIpc) is 2.95. The number of para-hydroxylation sites is 1. The molecule has 2 heterocycles. The minimum Gasteiger partial charge on any atom is -0.497 e. The first-order valence-electron chi connectivity index (χ1n) is 9.32. The molecule has 2 aromatic carbocycles. The van der Waals surface area contributed by atoms with Crippen molar-refractivity contribution in [3.63, 3.8) is 0 Å². The minimum atomic E-state index is 0.0724. The summed E-state index contributed by atoms with van der Waals surface area (Å²) in [4.78, 5) is 7.50. The van der Waals surface area contributed by atoms with Gasteiger partial charge in [0.2, 0.25) is 0 Å². The monoisotopic (exact) mass is 383 g/mol. The summed E-state index contributed by atoms with van der Waals surface area (Å²) in [6, 6.07) is 14.5. The van der Waals surface area contributed by atoms with E-state index >= 15 is 0 Å². The lowest BCUT2D eigenvalue weighted by Gasteiger charge is -2.30. The van der Waals surface area contributed by atoms with Crippen LogP contribution >= 0.6 is 11.3 Å². The van der Waals surface area contributed by atoms with Gasteiger partial charge in [-0.25, -0.2) is 4.98 Å². The maximum absolute atomic E-state index is 5.74. The highest BCUT2D eigenvalue weighted by Crippen LogP contribution is 2.39. The second kappa shape index (κ2) is 8.25. The van der Waals surface area contributed by atoms with Crippen LogP contribution in [0.4, 0.5) is 0 Å². The van der Waals surface area contributed by atoms with Crippen LogP contribution in [0.3, 0.4) is 0 Å². The molecule has 0 amide bonds. The maximum Gasteiger partial charge on any atom is 0.127 e. The van der Waals surface area contributed by atoms with Gasteiger partial charge in [-0.3, -0.25) is 4.90 Å². The van der Waals surface area contributed by atoms with Crippen molar-refractivity contribution >= 4 is 21.6 Å². The number of aromatic nitrogens is 1. The Hall–Kier alpha value is -2.15. The summed E-state index contributed by atoms with van der Waals surface area (Å²) in [7, 11) is 3.40. The Kier molecular flexibility index (Phi) is 5.57. The largest absolute Gasteiger partial charge is 0.497 e. The number of benzene rings is 2. The van der Waals surface area contributed by atoms with Crippen LogP contribution in [-0.4, -0.2) is 50.3 Å². The lowest BCUT2D eigenvalue weighted by Crippen LogP contribution is -2.33. The van der Waals surface area contributed by atoms with Crippen LogP contribution in [0.5, 0.6) is 11.5 Å². The molecule has 0 aliphatic carbocycles. The standard InChI is InChI=1S/C21H25N3O2S/c1-25-15-8-9-16(18(14-15)26-2)20(24-12-5-10-22-11-13-24)21-23-17-6-3-4-7-19(17)27-21/h3-4,6-9,14,20,22H,5,10-13H2,1-2H3. The molecule has 6 heteroatoms. The van der Waals surface area contributed by atoms with Crippen LogP contribution in [0.25, 0.3) is 10.2 Å². The number of nitrogens with zero attached hydrogens (tertiary/aromatic N) is 2. The molecule has 0 saturated carbocycles. The van der Waals surface area contributed by atoms with E-state index in [1.807, 2.05) is 18.2 Å². The second-order valence-corrected chi connectivity index (χ2v) is 7.73. The molecular weight excluding hydrogens is 358 g/mol. The minimum absolute atomic E-state index is 0.0724. The number of methoxy groups -OCH3 is 2. The molecule has 5 nitrogen and oxygen atoms in total. The molecular formula is C21H25N3O2S. The predicted molar refractivity (Wildman–Crippen MR) is 110 cm³/mol. The molecule has 1 atom stereocenters. The van der Waals surface area contributed by atoms with Crippen LogP contribution in [0.2, 0.25) is 0 Å². The third kappa shape index (κ3) is 3.78. The number of ether oxygens (including phenoxy) is 2. The molecule has 27 heavy (non-hydrogen) atoms. The van der Waals surface area contributed by atoms with E-state index in [2.05, 4.69) is 34.5 Å². The van der Waals surface area contributed by atoms with Crippen molar-refractivity contribution in [1.82, 2.24) is 15.2 Å².